The number of fused-ring (bicyclic) bond motifs is 1. The Hall–Kier alpha value is -1.75. The zero-order valence-corrected chi connectivity index (χ0v) is 10.1. The van der Waals surface area contributed by atoms with Gasteiger partial charge in [0.25, 0.3) is 0 Å². The molecular formula is C14H13F3O2. The van der Waals surface area contributed by atoms with E-state index in [-0.39, 0.29) is 6.61 Å². The summed E-state index contributed by atoms with van der Waals surface area (Å²) in [5.41, 5.74) is 0.514. The largest absolute Gasteiger partial charge is 0.493 e. The van der Waals surface area contributed by atoms with Crippen molar-refractivity contribution >= 4 is 10.8 Å². The lowest BCUT2D eigenvalue weighted by atomic mass is 10.0. The molecule has 2 aromatic rings. The molecule has 2 rings (SSSR count). The maximum absolute atomic E-state index is 12.1. The van der Waals surface area contributed by atoms with Crippen molar-refractivity contribution in [1.82, 2.24) is 0 Å². The number of aliphatic hydroxyl groups excluding tert-OH is 1. The molecule has 0 fully saturated rings. The predicted octanol–water partition coefficient (Wildman–Crippen LogP) is 3.66. The molecular weight excluding hydrogens is 257 g/mol. The van der Waals surface area contributed by atoms with Crippen LogP contribution >= 0.6 is 0 Å². The van der Waals surface area contributed by atoms with Gasteiger partial charge in [0.05, 0.1) is 19.6 Å². The van der Waals surface area contributed by atoms with Crippen molar-refractivity contribution in [3.8, 4) is 5.75 Å². The highest BCUT2D eigenvalue weighted by atomic mass is 19.4. The molecule has 0 saturated heterocycles. The minimum Gasteiger partial charge on any atom is -0.493 e. The highest BCUT2D eigenvalue weighted by Crippen LogP contribution is 2.29. The predicted molar refractivity (Wildman–Crippen MR) is 66.0 cm³/mol. The first-order valence-electron chi connectivity index (χ1n) is 5.82. The number of alkyl halides is 3. The first-order chi connectivity index (χ1) is 9.01. The first kappa shape index (κ1) is 13.7. The van der Waals surface area contributed by atoms with E-state index in [0.717, 1.165) is 10.8 Å². The minimum absolute atomic E-state index is 0.275. The smallest absolute Gasteiger partial charge is 0.392 e. The molecule has 0 atom stereocenters. The molecule has 0 heterocycles. The number of benzene rings is 2. The van der Waals surface area contributed by atoms with Crippen molar-refractivity contribution in [2.75, 3.05) is 6.61 Å². The normalized spacial score (nSPS) is 11.8. The molecule has 0 unspecified atom stereocenters. The Balaban J connectivity index is 2.23. The molecule has 0 aliphatic carbocycles. The van der Waals surface area contributed by atoms with Gasteiger partial charge in [0.1, 0.15) is 5.75 Å². The summed E-state index contributed by atoms with van der Waals surface area (Å²) in [5, 5.41) is 11.1. The van der Waals surface area contributed by atoms with Crippen LogP contribution in [0.3, 0.4) is 0 Å². The summed E-state index contributed by atoms with van der Waals surface area (Å²) < 4.78 is 41.3. The van der Waals surface area contributed by atoms with E-state index in [0.29, 0.717) is 11.3 Å². The molecule has 2 aromatic carbocycles. The number of aliphatic hydroxyl groups is 1. The molecule has 0 aromatic heterocycles. The lowest BCUT2D eigenvalue weighted by Crippen LogP contribution is -2.13. The molecule has 1 N–H and O–H groups in total. The van der Waals surface area contributed by atoms with Crippen LogP contribution in [0.2, 0.25) is 0 Å². The Kier molecular flexibility index (Phi) is 3.95. The lowest BCUT2D eigenvalue weighted by molar-refractivity contribution is -0.139. The van der Waals surface area contributed by atoms with E-state index >= 15 is 0 Å². The lowest BCUT2D eigenvalue weighted by Gasteiger charge is -2.13. The van der Waals surface area contributed by atoms with Crippen molar-refractivity contribution < 1.29 is 23.0 Å². The average Bonchev–Trinajstić information content (AvgIpc) is 2.37. The zero-order chi connectivity index (χ0) is 13.9. The standard InChI is InChI=1S/C14H13F3O2/c15-14(16,17)7-8-19-13-6-5-10-3-1-2-4-11(10)12(13)9-18/h1-6,18H,7-9H2. The van der Waals surface area contributed by atoms with Gasteiger partial charge in [-0.05, 0) is 16.8 Å². The van der Waals surface area contributed by atoms with Crippen LogP contribution in [0.25, 0.3) is 10.8 Å². The van der Waals surface area contributed by atoms with E-state index in [9.17, 15) is 18.3 Å². The second-order valence-electron chi connectivity index (χ2n) is 4.14. The number of hydrogen-bond donors (Lipinski definition) is 1. The van der Waals surface area contributed by atoms with E-state index in [1.807, 2.05) is 12.1 Å². The van der Waals surface area contributed by atoms with Crippen LogP contribution in [0.15, 0.2) is 36.4 Å². The van der Waals surface area contributed by atoms with Crippen molar-refractivity contribution in [1.29, 1.82) is 0 Å². The number of hydrogen-bond acceptors (Lipinski definition) is 2. The van der Waals surface area contributed by atoms with Crippen molar-refractivity contribution in [3.63, 3.8) is 0 Å². The van der Waals surface area contributed by atoms with Crippen molar-refractivity contribution in [2.24, 2.45) is 0 Å². The summed E-state index contributed by atoms with van der Waals surface area (Å²) in [4.78, 5) is 0. The van der Waals surface area contributed by atoms with Gasteiger partial charge < -0.3 is 9.84 Å². The second-order valence-corrected chi connectivity index (χ2v) is 4.14. The van der Waals surface area contributed by atoms with Gasteiger partial charge in [0, 0.05) is 5.56 Å². The molecule has 0 aliphatic rings. The fraction of sp³-hybridized carbons (Fsp3) is 0.286. The average molecular weight is 270 g/mol. The minimum atomic E-state index is -4.24. The first-order valence-corrected chi connectivity index (χ1v) is 5.82. The Bertz CT molecular complexity index is 564. The Morgan fingerprint density at radius 1 is 1.05 bits per heavy atom. The Labute approximate surface area is 108 Å². The molecule has 0 aliphatic heterocycles. The van der Waals surface area contributed by atoms with Crippen LogP contribution < -0.4 is 4.74 Å². The van der Waals surface area contributed by atoms with E-state index in [1.165, 1.54) is 0 Å². The summed E-state index contributed by atoms with van der Waals surface area (Å²) in [6.07, 6.45) is -5.25. The SMILES string of the molecule is OCc1c(OCCC(F)(F)F)ccc2ccccc12. The molecule has 0 spiro atoms. The second kappa shape index (κ2) is 5.48. The monoisotopic (exact) mass is 270 g/mol. The van der Waals surface area contributed by atoms with Gasteiger partial charge in [-0.15, -0.1) is 0 Å². The van der Waals surface area contributed by atoms with Crippen LogP contribution in [0, 0.1) is 0 Å². The highest BCUT2D eigenvalue weighted by Gasteiger charge is 2.27. The van der Waals surface area contributed by atoms with E-state index in [1.54, 1.807) is 24.3 Å². The third kappa shape index (κ3) is 3.38. The van der Waals surface area contributed by atoms with Gasteiger partial charge >= 0.3 is 6.18 Å². The summed E-state index contributed by atoms with van der Waals surface area (Å²) in [6.45, 7) is -0.725. The summed E-state index contributed by atoms with van der Waals surface area (Å²) in [5.74, 6) is 0.297. The highest BCUT2D eigenvalue weighted by molar-refractivity contribution is 5.87. The molecule has 0 amide bonds. The fourth-order valence-corrected chi connectivity index (χ4v) is 1.89. The molecule has 0 bridgehead atoms. The summed E-state index contributed by atoms with van der Waals surface area (Å²) in [6, 6.07) is 10.7. The third-order valence-corrected chi connectivity index (χ3v) is 2.80. The number of rotatable bonds is 4. The van der Waals surface area contributed by atoms with E-state index < -0.39 is 19.2 Å². The van der Waals surface area contributed by atoms with Gasteiger partial charge in [0.15, 0.2) is 0 Å². The molecule has 19 heavy (non-hydrogen) atoms. The maximum Gasteiger partial charge on any atom is 0.392 e. The zero-order valence-electron chi connectivity index (χ0n) is 10.1. The topological polar surface area (TPSA) is 29.5 Å². The van der Waals surface area contributed by atoms with Crippen LogP contribution in [-0.2, 0) is 6.61 Å². The molecule has 0 radical (unpaired) electrons. The fourth-order valence-electron chi connectivity index (χ4n) is 1.89. The van der Waals surface area contributed by atoms with Crippen molar-refractivity contribution in [2.45, 2.75) is 19.2 Å². The number of halogens is 3. The quantitative estimate of drug-likeness (QED) is 0.918. The summed E-state index contributed by atoms with van der Waals surface area (Å²) in [7, 11) is 0. The van der Waals surface area contributed by atoms with Gasteiger partial charge in [-0.2, -0.15) is 13.2 Å². The van der Waals surface area contributed by atoms with Gasteiger partial charge in [-0.3, -0.25) is 0 Å². The van der Waals surface area contributed by atoms with Crippen LogP contribution in [0.5, 0.6) is 5.75 Å². The van der Waals surface area contributed by atoms with E-state index in [2.05, 4.69) is 0 Å². The Morgan fingerprint density at radius 2 is 1.79 bits per heavy atom. The van der Waals surface area contributed by atoms with E-state index in [4.69, 9.17) is 4.74 Å². The molecule has 5 heteroatoms. The summed E-state index contributed by atoms with van der Waals surface area (Å²) >= 11 is 0. The molecule has 102 valence electrons. The Morgan fingerprint density at radius 3 is 2.47 bits per heavy atom. The number of ether oxygens (including phenoxy) is 1. The van der Waals surface area contributed by atoms with Crippen LogP contribution in [0.1, 0.15) is 12.0 Å². The molecule has 0 saturated carbocycles. The molecule has 2 nitrogen and oxygen atoms in total. The van der Waals surface area contributed by atoms with Gasteiger partial charge in [-0.1, -0.05) is 30.3 Å². The van der Waals surface area contributed by atoms with Gasteiger partial charge in [-0.25, -0.2) is 0 Å². The van der Waals surface area contributed by atoms with Crippen LogP contribution in [0.4, 0.5) is 13.2 Å². The van der Waals surface area contributed by atoms with Crippen molar-refractivity contribution in [3.05, 3.63) is 42.0 Å². The third-order valence-electron chi connectivity index (χ3n) is 2.80. The maximum atomic E-state index is 12.1. The van der Waals surface area contributed by atoms with Crippen LogP contribution in [-0.4, -0.2) is 17.9 Å². The van der Waals surface area contributed by atoms with Gasteiger partial charge in [0.2, 0.25) is 0 Å².